The van der Waals surface area contributed by atoms with Crippen molar-refractivity contribution < 1.29 is 14.3 Å². The van der Waals surface area contributed by atoms with E-state index in [0.29, 0.717) is 12.5 Å². The van der Waals surface area contributed by atoms with Gasteiger partial charge >= 0.3 is 6.03 Å². The highest BCUT2D eigenvalue weighted by atomic mass is 16.5. The summed E-state index contributed by atoms with van der Waals surface area (Å²) in [6.07, 6.45) is 2.53. The quantitative estimate of drug-likeness (QED) is 0.831. The first-order chi connectivity index (χ1) is 14.0. The minimum atomic E-state index is -0.481. The van der Waals surface area contributed by atoms with Crippen LogP contribution in [0.15, 0.2) is 29.3 Å². The van der Waals surface area contributed by atoms with Gasteiger partial charge in [-0.1, -0.05) is 19.1 Å². The van der Waals surface area contributed by atoms with E-state index in [4.69, 9.17) is 9.73 Å². The van der Waals surface area contributed by atoms with Crippen LogP contribution in [-0.4, -0.2) is 78.6 Å². The second-order valence-electron chi connectivity index (χ2n) is 8.15. The number of nitrogens with one attached hydrogen (secondary N) is 1. The zero-order valence-corrected chi connectivity index (χ0v) is 17.3. The predicted molar refractivity (Wildman–Crippen MR) is 110 cm³/mol. The van der Waals surface area contributed by atoms with E-state index in [2.05, 4.69) is 22.0 Å². The van der Waals surface area contributed by atoms with Crippen molar-refractivity contribution in [1.82, 2.24) is 20.0 Å². The maximum atomic E-state index is 12.7. The molecule has 29 heavy (non-hydrogen) atoms. The molecule has 0 aromatic heterocycles. The standard InChI is InChI=1S/C21H29N5O3/c1-14-8-11-25(12-9-14)20-22-18-17(19(27)23-21(28)24(18)2)26(20)13-10-15-4-6-16(29-3)7-5-15/h4-7,14,17-18H,8-13H2,1-3H3,(H,23,27,28). The fourth-order valence-corrected chi connectivity index (χ4v) is 4.26. The summed E-state index contributed by atoms with van der Waals surface area (Å²) in [6, 6.07) is 7.12. The molecule has 0 radical (unpaired) electrons. The summed E-state index contributed by atoms with van der Waals surface area (Å²) in [5.41, 5.74) is 1.17. The maximum Gasteiger partial charge on any atom is 0.325 e. The van der Waals surface area contributed by atoms with Crippen LogP contribution in [0.1, 0.15) is 25.3 Å². The number of likely N-dealkylation sites (N-methyl/N-ethyl adjacent to an activating group) is 1. The Morgan fingerprint density at radius 1 is 1.17 bits per heavy atom. The molecule has 3 amide bonds. The summed E-state index contributed by atoms with van der Waals surface area (Å²) >= 11 is 0. The Kier molecular flexibility index (Phi) is 5.34. The molecule has 8 heteroatoms. The topological polar surface area (TPSA) is 77.5 Å². The van der Waals surface area contributed by atoms with Crippen LogP contribution in [0.4, 0.5) is 4.79 Å². The summed E-state index contributed by atoms with van der Waals surface area (Å²) in [5.74, 6) is 2.11. The number of fused-ring (bicyclic) bond motifs is 1. The molecule has 0 saturated carbocycles. The first-order valence-electron chi connectivity index (χ1n) is 10.3. The third-order valence-electron chi connectivity index (χ3n) is 6.21. The highest BCUT2D eigenvalue weighted by Gasteiger charge is 2.49. The summed E-state index contributed by atoms with van der Waals surface area (Å²) in [4.78, 5) is 35.6. The monoisotopic (exact) mass is 399 g/mol. The molecule has 0 aliphatic carbocycles. The number of urea groups is 1. The van der Waals surface area contributed by atoms with Gasteiger partial charge in [-0.3, -0.25) is 10.1 Å². The molecule has 0 bridgehead atoms. The number of hydrogen-bond donors (Lipinski definition) is 1. The number of nitrogens with zero attached hydrogens (tertiary/aromatic N) is 4. The van der Waals surface area contributed by atoms with Crippen LogP contribution < -0.4 is 10.1 Å². The van der Waals surface area contributed by atoms with Gasteiger partial charge in [-0.25, -0.2) is 9.79 Å². The SMILES string of the molecule is COc1ccc(CCN2C(N3CCC(C)CC3)=NC3C2C(=O)NC(=O)N3C)cc1. The lowest BCUT2D eigenvalue weighted by molar-refractivity contribution is -0.127. The lowest BCUT2D eigenvalue weighted by Gasteiger charge is -2.39. The molecule has 4 rings (SSSR count). The Morgan fingerprint density at radius 2 is 1.86 bits per heavy atom. The number of rotatable bonds is 4. The fourth-order valence-electron chi connectivity index (χ4n) is 4.26. The van der Waals surface area contributed by atoms with Gasteiger partial charge in [-0.15, -0.1) is 0 Å². The summed E-state index contributed by atoms with van der Waals surface area (Å²) < 4.78 is 5.23. The van der Waals surface area contributed by atoms with Crippen LogP contribution in [0, 0.1) is 5.92 Å². The van der Waals surface area contributed by atoms with Crippen molar-refractivity contribution in [2.45, 2.75) is 38.4 Å². The normalized spacial score (nSPS) is 25.1. The number of imide groups is 1. The van der Waals surface area contributed by atoms with Crippen LogP contribution >= 0.6 is 0 Å². The van der Waals surface area contributed by atoms with Gasteiger partial charge in [0.1, 0.15) is 5.75 Å². The number of benzene rings is 1. The van der Waals surface area contributed by atoms with Gasteiger partial charge in [-0.05, 0) is 42.9 Å². The van der Waals surface area contributed by atoms with Crippen LogP contribution in [0.3, 0.4) is 0 Å². The van der Waals surface area contributed by atoms with Crippen molar-refractivity contribution in [3.8, 4) is 5.75 Å². The first kappa shape index (κ1) is 19.5. The molecular weight excluding hydrogens is 370 g/mol. The number of amides is 3. The number of ether oxygens (including phenoxy) is 1. The molecule has 8 nitrogen and oxygen atoms in total. The van der Waals surface area contributed by atoms with Crippen molar-refractivity contribution in [3.05, 3.63) is 29.8 Å². The number of aliphatic imine (C=N–C) groups is 1. The minimum Gasteiger partial charge on any atom is -0.497 e. The summed E-state index contributed by atoms with van der Waals surface area (Å²) in [5, 5.41) is 2.47. The Labute approximate surface area is 171 Å². The van der Waals surface area contributed by atoms with E-state index in [9.17, 15) is 9.59 Å². The molecule has 2 unspecified atom stereocenters. The summed E-state index contributed by atoms with van der Waals surface area (Å²) in [6.45, 7) is 4.79. The van der Waals surface area contributed by atoms with Crippen molar-refractivity contribution in [2.24, 2.45) is 10.9 Å². The Balaban J connectivity index is 1.56. The molecule has 156 valence electrons. The number of carbonyl (C=O) groups is 2. The Bertz CT molecular complexity index is 801. The molecule has 1 aromatic carbocycles. The number of carbonyl (C=O) groups excluding carboxylic acids is 2. The Hall–Kier alpha value is -2.77. The average Bonchev–Trinajstić information content (AvgIpc) is 3.11. The smallest absolute Gasteiger partial charge is 0.325 e. The minimum absolute atomic E-state index is 0.267. The van der Waals surface area contributed by atoms with Crippen LogP contribution in [0.2, 0.25) is 0 Å². The van der Waals surface area contributed by atoms with Gasteiger partial charge < -0.3 is 19.4 Å². The van der Waals surface area contributed by atoms with Crippen molar-refractivity contribution in [3.63, 3.8) is 0 Å². The lowest BCUT2D eigenvalue weighted by Crippen LogP contribution is -2.64. The van der Waals surface area contributed by atoms with E-state index >= 15 is 0 Å². The highest BCUT2D eigenvalue weighted by molar-refractivity contribution is 6.03. The first-order valence-corrected chi connectivity index (χ1v) is 10.3. The molecule has 1 N–H and O–H groups in total. The number of hydrogen-bond acceptors (Lipinski definition) is 6. The van der Waals surface area contributed by atoms with E-state index in [0.717, 1.165) is 44.1 Å². The van der Waals surface area contributed by atoms with E-state index in [1.54, 1.807) is 14.2 Å². The molecule has 1 aromatic rings. The molecule has 3 heterocycles. The second kappa shape index (κ2) is 7.93. The largest absolute Gasteiger partial charge is 0.497 e. The average molecular weight is 399 g/mol. The predicted octanol–water partition coefficient (Wildman–Crippen LogP) is 1.52. The zero-order chi connectivity index (χ0) is 20.5. The van der Waals surface area contributed by atoms with Gasteiger partial charge in [0, 0.05) is 26.7 Å². The summed E-state index contributed by atoms with van der Waals surface area (Å²) in [7, 11) is 3.35. The van der Waals surface area contributed by atoms with E-state index < -0.39 is 12.2 Å². The second-order valence-corrected chi connectivity index (χ2v) is 8.15. The van der Waals surface area contributed by atoms with Crippen molar-refractivity contribution >= 4 is 17.9 Å². The highest BCUT2D eigenvalue weighted by Crippen LogP contribution is 2.28. The molecule has 3 aliphatic rings. The van der Waals surface area contributed by atoms with E-state index in [-0.39, 0.29) is 11.9 Å². The third kappa shape index (κ3) is 3.75. The van der Waals surface area contributed by atoms with Crippen molar-refractivity contribution in [1.29, 1.82) is 0 Å². The van der Waals surface area contributed by atoms with Gasteiger partial charge in [0.25, 0.3) is 5.91 Å². The van der Waals surface area contributed by atoms with Gasteiger partial charge in [-0.2, -0.15) is 0 Å². The van der Waals surface area contributed by atoms with Gasteiger partial charge in [0.2, 0.25) is 0 Å². The lowest BCUT2D eigenvalue weighted by atomic mass is 9.99. The molecule has 2 saturated heterocycles. The van der Waals surface area contributed by atoms with E-state index in [1.165, 1.54) is 10.5 Å². The molecule has 2 fully saturated rings. The number of methoxy groups -OCH3 is 1. The number of piperidine rings is 1. The van der Waals surface area contributed by atoms with E-state index in [1.807, 2.05) is 24.3 Å². The van der Waals surface area contributed by atoms with Crippen LogP contribution in [-0.2, 0) is 11.2 Å². The molecule has 0 spiro atoms. The fraction of sp³-hybridized carbons (Fsp3) is 0.571. The number of likely N-dealkylation sites (tertiary alicyclic amines) is 1. The molecule has 2 atom stereocenters. The van der Waals surface area contributed by atoms with Gasteiger partial charge in [0.15, 0.2) is 18.2 Å². The molecule has 3 aliphatic heterocycles. The maximum absolute atomic E-state index is 12.7. The van der Waals surface area contributed by atoms with Crippen molar-refractivity contribution in [2.75, 3.05) is 33.8 Å². The molecular formula is C21H29N5O3. The van der Waals surface area contributed by atoms with Gasteiger partial charge in [0.05, 0.1) is 7.11 Å². The zero-order valence-electron chi connectivity index (χ0n) is 17.3. The third-order valence-corrected chi connectivity index (χ3v) is 6.21. The van der Waals surface area contributed by atoms with Crippen LogP contribution in [0.25, 0.3) is 0 Å². The Morgan fingerprint density at radius 3 is 2.52 bits per heavy atom. The number of guanidine groups is 1. The van der Waals surface area contributed by atoms with Crippen LogP contribution in [0.5, 0.6) is 5.75 Å².